The Hall–Kier alpha value is -1.02. The molecule has 0 amide bonds. The highest BCUT2D eigenvalue weighted by Gasteiger charge is 2.01. The molecular weight excluding hydrogens is 415 g/mol. The van der Waals surface area contributed by atoms with Crippen LogP contribution in [0.25, 0.3) is 0 Å². The zero-order valence-electron chi connectivity index (χ0n) is 15.6. The molecule has 0 aliphatic heterocycles. The van der Waals surface area contributed by atoms with Gasteiger partial charge in [0, 0.05) is 53.1 Å². The van der Waals surface area contributed by atoms with Gasteiger partial charge in [-0.1, -0.05) is 26.0 Å². The van der Waals surface area contributed by atoms with Crippen molar-refractivity contribution in [1.82, 2.24) is 10.6 Å². The number of guanidine groups is 1. The monoisotopic (exact) mass is 448 g/mol. The van der Waals surface area contributed by atoms with Gasteiger partial charge in [0.1, 0.15) is 0 Å². The van der Waals surface area contributed by atoms with Gasteiger partial charge in [0.25, 0.3) is 0 Å². The number of nitrogens with one attached hydrogen (secondary N) is 2. The number of ether oxygens (including phenoxy) is 1. The van der Waals surface area contributed by atoms with Gasteiger partial charge in [-0.3, -0.25) is 4.99 Å². The molecule has 6 heteroatoms. The molecule has 1 rings (SSSR count). The van der Waals surface area contributed by atoms with Crippen molar-refractivity contribution in [2.24, 2.45) is 10.9 Å². The van der Waals surface area contributed by atoms with Crippen LogP contribution in [0.1, 0.15) is 25.8 Å². The maximum absolute atomic E-state index is 5.57. The van der Waals surface area contributed by atoms with Crippen LogP contribution in [0, 0.1) is 5.92 Å². The smallest absolute Gasteiger partial charge is 0.191 e. The predicted octanol–water partition coefficient (Wildman–Crippen LogP) is 3.10. The van der Waals surface area contributed by atoms with E-state index in [1.54, 1.807) is 7.05 Å². The van der Waals surface area contributed by atoms with Crippen molar-refractivity contribution < 1.29 is 4.74 Å². The summed E-state index contributed by atoms with van der Waals surface area (Å²) in [5.74, 6) is 1.42. The minimum Gasteiger partial charge on any atom is -0.381 e. The molecule has 0 aromatic heterocycles. The molecule has 0 heterocycles. The molecular formula is C18H33IN4O. The molecule has 2 N–H and O–H groups in total. The van der Waals surface area contributed by atoms with E-state index in [4.69, 9.17) is 4.74 Å². The Bertz CT molecular complexity index is 478. The summed E-state index contributed by atoms with van der Waals surface area (Å²) >= 11 is 0. The molecule has 0 aliphatic rings. The standard InChI is InChI=1S/C18H32N4O.HI/c1-15(2)14-23-11-7-10-20-18(19-3)21-13-16-8-6-9-17(12-16)22(4)5;/h6,8-9,12,15H,7,10-11,13-14H2,1-5H3,(H2,19,20,21);1H. The number of benzene rings is 1. The van der Waals surface area contributed by atoms with Gasteiger partial charge in [-0.2, -0.15) is 0 Å². The Labute approximate surface area is 164 Å². The summed E-state index contributed by atoms with van der Waals surface area (Å²) < 4.78 is 5.57. The van der Waals surface area contributed by atoms with Crippen molar-refractivity contribution in [3.05, 3.63) is 29.8 Å². The molecule has 5 nitrogen and oxygen atoms in total. The SMILES string of the molecule is CN=C(NCCCOCC(C)C)NCc1cccc(N(C)C)c1.I. The molecule has 0 atom stereocenters. The first-order chi connectivity index (χ1) is 11.0. The van der Waals surface area contributed by atoms with Crippen LogP contribution in [0.4, 0.5) is 5.69 Å². The molecule has 1 aromatic rings. The van der Waals surface area contributed by atoms with Crippen LogP contribution in [0.15, 0.2) is 29.3 Å². The molecule has 1 aromatic carbocycles. The van der Waals surface area contributed by atoms with Crippen molar-refractivity contribution >= 4 is 35.6 Å². The Morgan fingerprint density at radius 3 is 2.62 bits per heavy atom. The predicted molar refractivity (Wildman–Crippen MR) is 115 cm³/mol. The van der Waals surface area contributed by atoms with Crippen LogP contribution in [0.5, 0.6) is 0 Å². The topological polar surface area (TPSA) is 48.9 Å². The molecule has 0 unspecified atom stereocenters. The minimum atomic E-state index is 0. The highest BCUT2D eigenvalue weighted by atomic mass is 127. The average Bonchev–Trinajstić information content (AvgIpc) is 2.53. The number of halogens is 1. The molecule has 0 saturated heterocycles. The van der Waals surface area contributed by atoms with E-state index in [0.717, 1.165) is 38.7 Å². The fourth-order valence-electron chi connectivity index (χ4n) is 2.05. The summed E-state index contributed by atoms with van der Waals surface area (Å²) in [6.07, 6.45) is 0.976. The molecule has 0 radical (unpaired) electrons. The lowest BCUT2D eigenvalue weighted by atomic mass is 10.2. The van der Waals surface area contributed by atoms with Gasteiger partial charge in [0.05, 0.1) is 0 Å². The Kier molecular flexibility index (Phi) is 12.7. The molecule has 24 heavy (non-hydrogen) atoms. The maximum Gasteiger partial charge on any atom is 0.191 e. The van der Waals surface area contributed by atoms with Crippen LogP contribution >= 0.6 is 24.0 Å². The van der Waals surface area contributed by atoms with Gasteiger partial charge in [-0.15, -0.1) is 24.0 Å². The van der Waals surface area contributed by atoms with Gasteiger partial charge in [0.15, 0.2) is 5.96 Å². The first kappa shape index (κ1) is 23.0. The van der Waals surface area contributed by atoms with Gasteiger partial charge in [0.2, 0.25) is 0 Å². The highest BCUT2D eigenvalue weighted by molar-refractivity contribution is 14.0. The van der Waals surface area contributed by atoms with Crippen molar-refractivity contribution in [3.63, 3.8) is 0 Å². The second kappa shape index (κ2) is 13.3. The van der Waals surface area contributed by atoms with E-state index in [0.29, 0.717) is 5.92 Å². The number of aliphatic imine (C=N–C) groups is 1. The summed E-state index contributed by atoms with van der Waals surface area (Å²) in [5.41, 5.74) is 2.44. The van der Waals surface area contributed by atoms with Gasteiger partial charge < -0.3 is 20.3 Å². The fourth-order valence-corrected chi connectivity index (χ4v) is 2.05. The van der Waals surface area contributed by atoms with E-state index >= 15 is 0 Å². The lowest BCUT2D eigenvalue weighted by Crippen LogP contribution is -2.37. The van der Waals surface area contributed by atoms with E-state index < -0.39 is 0 Å². The summed E-state index contributed by atoms with van der Waals surface area (Å²) in [6, 6.07) is 8.48. The Morgan fingerprint density at radius 1 is 1.25 bits per heavy atom. The van der Waals surface area contributed by atoms with Crippen LogP contribution in [0.3, 0.4) is 0 Å². The van der Waals surface area contributed by atoms with Gasteiger partial charge in [-0.25, -0.2) is 0 Å². The van der Waals surface area contributed by atoms with Gasteiger partial charge in [-0.05, 0) is 30.0 Å². The summed E-state index contributed by atoms with van der Waals surface area (Å²) in [6.45, 7) is 7.55. The van der Waals surface area contributed by atoms with Crippen LogP contribution < -0.4 is 15.5 Å². The Balaban J connectivity index is 0.00000529. The first-order valence-electron chi connectivity index (χ1n) is 8.31. The van der Waals surface area contributed by atoms with Crippen LogP contribution in [-0.4, -0.2) is 46.9 Å². The second-order valence-electron chi connectivity index (χ2n) is 6.24. The number of hydrogen-bond donors (Lipinski definition) is 2. The third-order valence-electron chi connectivity index (χ3n) is 3.32. The number of rotatable bonds is 9. The number of nitrogens with zero attached hydrogens (tertiary/aromatic N) is 2. The largest absolute Gasteiger partial charge is 0.381 e. The zero-order valence-corrected chi connectivity index (χ0v) is 18.0. The van der Waals surface area contributed by atoms with E-state index in [-0.39, 0.29) is 24.0 Å². The third-order valence-corrected chi connectivity index (χ3v) is 3.32. The maximum atomic E-state index is 5.57. The Morgan fingerprint density at radius 2 is 2.00 bits per heavy atom. The molecule has 0 saturated carbocycles. The highest BCUT2D eigenvalue weighted by Crippen LogP contribution is 2.12. The van der Waals surface area contributed by atoms with E-state index in [2.05, 4.69) is 58.6 Å². The average molecular weight is 448 g/mol. The first-order valence-corrected chi connectivity index (χ1v) is 8.31. The number of hydrogen-bond acceptors (Lipinski definition) is 3. The normalized spacial score (nSPS) is 11.2. The summed E-state index contributed by atoms with van der Waals surface area (Å²) in [4.78, 5) is 6.35. The summed E-state index contributed by atoms with van der Waals surface area (Å²) in [5, 5.41) is 6.65. The molecule has 138 valence electrons. The van der Waals surface area contributed by atoms with E-state index in [1.165, 1.54) is 11.3 Å². The van der Waals surface area contributed by atoms with Crippen LogP contribution in [0.2, 0.25) is 0 Å². The van der Waals surface area contributed by atoms with Crippen molar-refractivity contribution in [2.45, 2.75) is 26.8 Å². The quantitative estimate of drug-likeness (QED) is 0.264. The van der Waals surface area contributed by atoms with Crippen LogP contribution in [-0.2, 0) is 11.3 Å². The molecule has 0 aliphatic carbocycles. The van der Waals surface area contributed by atoms with Crippen molar-refractivity contribution in [2.75, 3.05) is 45.8 Å². The van der Waals surface area contributed by atoms with Gasteiger partial charge >= 0.3 is 0 Å². The molecule has 0 spiro atoms. The van der Waals surface area contributed by atoms with Crippen molar-refractivity contribution in [1.29, 1.82) is 0 Å². The molecule has 0 fully saturated rings. The lowest BCUT2D eigenvalue weighted by molar-refractivity contribution is 0.108. The van der Waals surface area contributed by atoms with E-state index in [1.807, 2.05) is 14.1 Å². The summed E-state index contributed by atoms with van der Waals surface area (Å²) in [7, 11) is 5.89. The zero-order chi connectivity index (χ0) is 17.1. The molecule has 0 bridgehead atoms. The van der Waals surface area contributed by atoms with Crippen molar-refractivity contribution in [3.8, 4) is 0 Å². The minimum absolute atomic E-state index is 0. The third kappa shape index (κ3) is 9.97. The number of anilines is 1. The fraction of sp³-hybridized carbons (Fsp3) is 0.611. The lowest BCUT2D eigenvalue weighted by Gasteiger charge is -2.15. The van der Waals surface area contributed by atoms with E-state index in [9.17, 15) is 0 Å². The second-order valence-corrected chi connectivity index (χ2v) is 6.24.